The summed E-state index contributed by atoms with van der Waals surface area (Å²) in [6.07, 6.45) is 7.79. The zero-order valence-corrected chi connectivity index (χ0v) is 13.4. The van der Waals surface area contributed by atoms with Gasteiger partial charge in [-0.3, -0.25) is 0 Å². The minimum Gasteiger partial charge on any atom is -0.462 e. The van der Waals surface area contributed by atoms with E-state index in [-0.39, 0.29) is 19.1 Å². The highest BCUT2D eigenvalue weighted by Gasteiger charge is 2.05. The summed E-state index contributed by atoms with van der Waals surface area (Å²) in [5, 5.41) is 0. The molecule has 0 spiro atoms. The molecule has 118 valence electrons. The van der Waals surface area contributed by atoms with E-state index in [1.165, 1.54) is 0 Å². The average molecular weight is 294 g/mol. The van der Waals surface area contributed by atoms with E-state index < -0.39 is 11.9 Å². The van der Waals surface area contributed by atoms with Crippen LogP contribution in [0.4, 0.5) is 0 Å². The minimum absolute atomic E-state index is 0.0116. The van der Waals surface area contributed by atoms with Crippen LogP contribution in [0.3, 0.4) is 0 Å². The van der Waals surface area contributed by atoms with Crippen molar-refractivity contribution < 1.29 is 19.1 Å². The van der Waals surface area contributed by atoms with Crippen molar-refractivity contribution in [1.82, 2.24) is 0 Å². The quantitative estimate of drug-likeness (QED) is 0.390. The lowest BCUT2D eigenvalue weighted by Crippen LogP contribution is -2.10. The van der Waals surface area contributed by atoms with Gasteiger partial charge in [0.25, 0.3) is 0 Å². The van der Waals surface area contributed by atoms with E-state index in [1.54, 1.807) is 0 Å². The van der Waals surface area contributed by atoms with E-state index in [1.807, 2.05) is 45.9 Å². The number of ether oxygens (including phenoxy) is 2. The molecule has 0 N–H and O–H groups in total. The van der Waals surface area contributed by atoms with Gasteiger partial charge in [0, 0.05) is 18.1 Å². The summed E-state index contributed by atoms with van der Waals surface area (Å²) in [5.41, 5.74) is 0.833. The molecule has 0 saturated heterocycles. The Morgan fingerprint density at radius 1 is 1.10 bits per heavy atom. The molecule has 4 heteroatoms. The van der Waals surface area contributed by atoms with Crippen molar-refractivity contribution in [3.8, 4) is 0 Å². The van der Waals surface area contributed by atoms with Crippen molar-refractivity contribution in [3.63, 3.8) is 0 Å². The molecule has 0 heterocycles. The summed E-state index contributed by atoms with van der Waals surface area (Å²) in [5.74, 6) is -0.912. The van der Waals surface area contributed by atoms with Crippen LogP contribution < -0.4 is 0 Å². The molecule has 0 aromatic rings. The van der Waals surface area contributed by atoms with Gasteiger partial charge in [0.05, 0.1) is 6.61 Å². The van der Waals surface area contributed by atoms with Crippen LogP contribution in [0, 0.1) is 5.92 Å². The molecule has 0 bridgehead atoms. The van der Waals surface area contributed by atoms with Crippen LogP contribution in [0.15, 0.2) is 49.1 Å². The molecule has 0 amide bonds. The van der Waals surface area contributed by atoms with Crippen LogP contribution in [0.5, 0.6) is 0 Å². The maximum atomic E-state index is 11.0. The Balaban J connectivity index is 0. The van der Waals surface area contributed by atoms with Gasteiger partial charge < -0.3 is 9.47 Å². The summed E-state index contributed by atoms with van der Waals surface area (Å²) in [6, 6.07) is 0. The van der Waals surface area contributed by atoms with Gasteiger partial charge in [-0.25, -0.2) is 9.59 Å². The molecule has 0 saturated carbocycles. The van der Waals surface area contributed by atoms with Crippen molar-refractivity contribution in [2.24, 2.45) is 5.92 Å². The lowest BCUT2D eigenvalue weighted by Gasteiger charge is -2.09. The number of carbonyl (C=O) groups is 2. The molecule has 21 heavy (non-hydrogen) atoms. The number of carbonyl (C=O) groups excluding carboxylic acids is 2. The second-order valence-corrected chi connectivity index (χ2v) is 3.86. The van der Waals surface area contributed by atoms with Gasteiger partial charge in [0.15, 0.2) is 0 Å². The van der Waals surface area contributed by atoms with Crippen molar-refractivity contribution in [2.45, 2.75) is 27.7 Å². The molecule has 1 unspecified atom stereocenters. The fourth-order valence-electron chi connectivity index (χ4n) is 1.27. The van der Waals surface area contributed by atoms with Crippen LogP contribution in [0.2, 0.25) is 0 Å². The fourth-order valence-corrected chi connectivity index (χ4v) is 1.27. The average Bonchev–Trinajstić information content (AvgIpc) is 2.51. The predicted molar refractivity (Wildman–Crippen MR) is 85.7 cm³/mol. The first-order chi connectivity index (χ1) is 10.0. The van der Waals surface area contributed by atoms with Gasteiger partial charge in [0.1, 0.15) is 6.61 Å². The van der Waals surface area contributed by atoms with E-state index in [2.05, 4.69) is 13.2 Å². The SMILES string of the molecule is C=CC(=O)OCC(/C=C\C)=C/C(C)COC(=O)C=C.CC. The summed E-state index contributed by atoms with van der Waals surface area (Å²) in [7, 11) is 0. The van der Waals surface area contributed by atoms with Crippen molar-refractivity contribution in [3.05, 3.63) is 49.1 Å². The van der Waals surface area contributed by atoms with Gasteiger partial charge in [-0.1, -0.05) is 52.2 Å². The van der Waals surface area contributed by atoms with E-state index in [0.717, 1.165) is 17.7 Å². The molecule has 0 aliphatic rings. The third-order valence-electron chi connectivity index (χ3n) is 2.08. The summed E-state index contributed by atoms with van der Waals surface area (Å²) < 4.78 is 9.88. The number of allylic oxidation sites excluding steroid dienone is 1. The van der Waals surface area contributed by atoms with Gasteiger partial charge in [0.2, 0.25) is 0 Å². The molecule has 0 aliphatic carbocycles. The summed E-state index contributed by atoms with van der Waals surface area (Å²) >= 11 is 0. The third-order valence-corrected chi connectivity index (χ3v) is 2.08. The molecular formula is C17H26O4. The van der Waals surface area contributed by atoms with Crippen LogP contribution in [-0.2, 0) is 19.1 Å². The molecule has 1 atom stereocenters. The topological polar surface area (TPSA) is 52.6 Å². The highest BCUT2D eigenvalue weighted by Crippen LogP contribution is 2.07. The van der Waals surface area contributed by atoms with E-state index in [0.29, 0.717) is 0 Å². The second-order valence-electron chi connectivity index (χ2n) is 3.86. The first kappa shape index (κ1) is 21.2. The van der Waals surface area contributed by atoms with E-state index >= 15 is 0 Å². The largest absolute Gasteiger partial charge is 0.462 e. The Morgan fingerprint density at radius 3 is 2.10 bits per heavy atom. The third kappa shape index (κ3) is 12.7. The smallest absolute Gasteiger partial charge is 0.330 e. The number of rotatable bonds is 8. The standard InChI is InChI=1S/C15H20O4.C2H6/c1-5-8-13(11-19-15(17)7-3)9-12(4)10-18-14(16)6-2;1-2/h5-9,12H,2-3,10-11H2,1,4H3;1-2H3/b8-5-,13-9+;. The molecule has 0 radical (unpaired) electrons. The highest BCUT2D eigenvalue weighted by atomic mass is 16.5. The lowest BCUT2D eigenvalue weighted by atomic mass is 10.1. The monoisotopic (exact) mass is 294 g/mol. The number of hydrogen-bond donors (Lipinski definition) is 0. The van der Waals surface area contributed by atoms with Crippen LogP contribution >= 0.6 is 0 Å². The Labute approximate surface area is 127 Å². The van der Waals surface area contributed by atoms with E-state index in [9.17, 15) is 9.59 Å². The molecule has 0 aromatic carbocycles. The normalized spacial score (nSPS) is 11.9. The Hall–Kier alpha value is -2.10. The Bertz CT molecular complexity index is 392. The van der Waals surface area contributed by atoms with Crippen molar-refractivity contribution in [1.29, 1.82) is 0 Å². The summed E-state index contributed by atoms with van der Waals surface area (Å²) in [4.78, 5) is 21.9. The minimum atomic E-state index is -0.471. The summed E-state index contributed by atoms with van der Waals surface area (Å²) in [6.45, 7) is 14.8. The second kappa shape index (κ2) is 14.3. The zero-order valence-electron chi connectivity index (χ0n) is 13.4. The molecule has 0 rings (SSSR count). The van der Waals surface area contributed by atoms with Crippen molar-refractivity contribution >= 4 is 11.9 Å². The first-order valence-electron chi connectivity index (χ1n) is 6.95. The van der Waals surface area contributed by atoms with Crippen LogP contribution in [0.25, 0.3) is 0 Å². The van der Waals surface area contributed by atoms with Gasteiger partial charge in [-0.05, 0) is 12.5 Å². The van der Waals surface area contributed by atoms with Crippen LogP contribution in [0.1, 0.15) is 27.7 Å². The predicted octanol–water partition coefficient (Wildman–Crippen LogP) is 3.61. The molecule has 0 aliphatic heterocycles. The van der Waals surface area contributed by atoms with Crippen LogP contribution in [-0.4, -0.2) is 25.2 Å². The number of esters is 2. The lowest BCUT2D eigenvalue weighted by molar-refractivity contribution is -0.138. The molecule has 0 aromatic heterocycles. The fraction of sp³-hybridized carbons (Fsp3) is 0.412. The van der Waals surface area contributed by atoms with Gasteiger partial charge >= 0.3 is 11.9 Å². The Morgan fingerprint density at radius 2 is 1.62 bits per heavy atom. The van der Waals surface area contributed by atoms with Crippen molar-refractivity contribution in [2.75, 3.05) is 13.2 Å². The van der Waals surface area contributed by atoms with Gasteiger partial charge in [-0.15, -0.1) is 0 Å². The maximum Gasteiger partial charge on any atom is 0.330 e. The Kier molecular flexibility index (Phi) is 14.5. The van der Waals surface area contributed by atoms with Gasteiger partial charge in [-0.2, -0.15) is 0 Å². The zero-order chi connectivity index (χ0) is 16.7. The van der Waals surface area contributed by atoms with E-state index in [4.69, 9.17) is 9.47 Å². The maximum absolute atomic E-state index is 11.0. The molecular weight excluding hydrogens is 268 g/mol. The number of hydrogen-bond acceptors (Lipinski definition) is 4. The molecule has 0 fully saturated rings. The highest BCUT2D eigenvalue weighted by molar-refractivity contribution is 5.81. The molecule has 4 nitrogen and oxygen atoms in total. The first-order valence-corrected chi connectivity index (χ1v) is 6.95.